The van der Waals surface area contributed by atoms with E-state index < -0.39 is 5.54 Å². The first-order chi connectivity index (χ1) is 6.47. The molecule has 14 heavy (non-hydrogen) atoms. The Morgan fingerprint density at radius 1 is 1.50 bits per heavy atom. The van der Waals surface area contributed by atoms with Gasteiger partial charge in [0.2, 0.25) is 0 Å². The lowest BCUT2D eigenvalue weighted by molar-refractivity contribution is 0.247. The van der Waals surface area contributed by atoms with Gasteiger partial charge >= 0.3 is 0 Å². The summed E-state index contributed by atoms with van der Waals surface area (Å²) in [6.07, 6.45) is 0.510. The first-order valence-electron chi connectivity index (χ1n) is 4.64. The number of nitrogens with two attached hydrogens (primary N) is 1. The zero-order chi connectivity index (χ0) is 10.8. The minimum atomic E-state index is -0.556. The number of aliphatic hydroxyl groups is 1. The first kappa shape index (κ1) is 11.5. The SMILES string of the molecule is Cc1ccc([C@@](C)(N)CCO)c(Cl)c1. The van der Waals surface area contributed by atoms with Crippen LogP contribution in [0.15, 0.2) is 18.2 Å². The average Bonchev–Trinajstić information content (AvgIpc) is 2.02. The fraction of sp³-hybridized carbons (Fsp3) is 0.455. The molecule has 0 spiro atoms. The Kier molecular flexibility index (Phi) is 3.53. The van der Waals surface area contributed by atoms with E-state index in [1.54, 1.807) is 0 Å². The number of rotatable bonds is 3. The number of hydrogen-bond donors (Lipinski definition) is 2. The van der Waals surface area contributed by atoms with Gasteiger partial charge in [-0.05, 0) is 37.5 Å². The Morgan fingerprint density at radius 2 is 2.14 bits per heavy atom. The molecule has 0 fully saturated rings. The predicted molar refractivity (Wildman–Crippen MR) is 59.4 cm³/mol. The Balaban J connectivity index is 3.06. The van der Waals surface area contributed by atoms with Crippen LogP contribution in [0.2, 0.25) is 5.02 Å². The molecule has 0 aromatic heterocycles. The quantitative estimate of drug-likeness (QED) is 0.809. The van der Waals surface area contributed by atoms with Crippen molar-refractivity contribution < 1.29 is 5.11 Å². The molecule has 0 radical (unpaired) electrons. The van der Waals surface area contributed by atoms with Crippen molar-refractivity contribution in [2.45, 2.75) is 25.8 Å². The van der Waals surface area contributed by atoms with E-state index in [0.29, 0.717) is 11.4 Å². The highest BCUT2D eigenvalue weighted by atomic mass is 35.5. The zero-order valence-corrected chi connectivity index (χ0v) is 9.30. The molecular weight excluding hydrogens is 198 g/mol. The lowest BCUT2D eigenvalue weighted by Crippen LogP contribution is -2.34. The maximum atomic E-state index is 8.89. The molecule has 0 bridgehead atoms. The van der Waals surface area contributed by atoms with E-state index in [0.717, 1.165) is 11.1 Å². The van der Waals surface area contributed by atoms with Crippen molar-refractivity contribution in [1.29, 1.82) is 0 Å². The third-order valence-electron chi connectivity index (χ3n) is 2.37. The summed E-state index contributed by atoms with van der Waals surface area (Å²) in [4.78, 5) is 0. The number of aryl methyl sites for hydroxylation is 1. The summed E-state index contributed by atoms with van der Waals surface area (Å²) in [6.45, 7) is 3.92. The van der Waals surface area contributed by atoms with E-state index in [2.05, 4.69) is 0 Å². The van der Waals surface area contributed by atoms with E-state index in [1.165, 1.54) is 0 Å². The third kappa shape index (κ3) is 2.47. The van der Waals surface area contributed by atoms with E-state index in [-0.39, 0.29) is 6.61 Å². The molecule has 0 aliphatic carbocycles. The van der Waals surface area contributed by atoms with E-state index in [4.69, 9.17) is 22.4 Å². The molecule has 0 unspecified atom stereocenters. The van der Waals surface area contributed by atoms with Crippen LogP contribution in [0.1, 0.15) is 24.5 Å². The summed E-state index contributed by atoms with van der Waals surface area (Å²) in [5, 5.41) is 9.56. The molecule has 3 N–H and O–H groups in total. The number of aliphatic hydroxyl groups excluding tert-OH is 1. The van der Waals surface area contributed by atoms with Crippen molar-refractivity contribution in [2.75, 3.05) is 6.61 Å². The Bertz CT molecular complexity index is 323. The van der Waals surface area contributed by atoms with Gasteiger partial charge in [-0.1, -0.05) is 23.7 Å². The van der Waals surface area contributed by atoms with Gasteiger partial charge in [0.15, 0.2) is 0 Å². The normalized spacial score (nSPS) is 15.2. The lowest BCUT2D eigenvalue weighted by atomic mass is 9.89. The molecule has 78 valence electrons. The van der Waals surface area contributed by atoms with Crippen LogP contribution >= 0.6 is 11.6 Å². The van der Waals surface area contributed by atoms with Crippen LogP contribution in [-0.2, 0) is 5.54 Å². The van der Waals surface area contributed by atoms with Crippen molar-refractivity contribution in [2.24, 2.45) is 5.73 Å². The van der Waals surface area contributed by atoms with Gasteiger partial charge in [0.05, 0.1) is 0 Å². The van der Waals surface area contributed by atoms with Gasteiger partial charge in [0, 0.05) is 17.2 Å². The average molecular weight is 214 g/mol. The van der Waals surface area contributed by atoms with E-state index in [9.17, 15) is 0 Å². The maximum absolute atomic E-state index is 8.89. The monoisotopic (exact) mass is 213 g/mol. The van der Waals surface area contributed by atoms with Crippen molar-refractivity contribution in [1.82, 2.24) is 0 Å². The predicted octanol–water partition coefficient (Wildman–Crippen LogP) is 2.20. The minimum absolute atomic E-state index is 0.0667. The summed E-state index contributed by atoms with van der Waals surface area (Å²) >= 11 is 6.09. The van der Waals surface area contributed by atoms with Gasteiger partial charge in [0.25, 0.3) is 0 Å². The molecule has 0 saturated heterocycles. The van der Waals surface area contributed by atoms with Crippen molar-refractivity contribution in [3.05, 3.63) is 34.3 Å². The molecule has 0 saturated carbocycles. The highest BCUT2D eigenvalue weighted by Crippen LogP contribution is 2.29. The van der Waals surface area contributed by atoms with Gasteiger partial charge in [0.1, 0.15) is 0 Å². The Labute approximate surface area is 89.7 Å². The van der Waals surface area contributed by atoms with Crippen LogP contribution in [0.25, 0.3) is 0 Å². The van der Waals surface area contributed by atoms with Crippen molar-refractivity contribution in [3.63, 3.8) is 0 Å². The molecule has 3 heteroatoms. The topological polar surface area (TPSA) is 46.2 Å². The fourth-order valence-corrected chi connectivity index (χ4v) is 1.90. The molecule has 1 aromatic carbocycles. The molecule has 0 aliphatic heterocycles. The number of hydrogen-bond acceptors (Lipinski definition) is 2. The molecule has 0 amide bonds. The highest BCUT2D eigenvalue weighted by Gasteiger charge is 2.22. The van der Waals surface area contributed by atoms with Crippen molar-refractivity contribution in [3.8, 4) is 0 Å². The smallest absolute Gasteiger partial charge is 0.0459 e. The molecule has 2 nitrogen and oxygen atoms in total. The highest BCUT2D eigenvalue weighted by molar-refractivity contribution is 6.31. The van der Waals surface area contributed by atoms with Crippen LogP contribution < -0.4 is 5.73 Å². The molecule has 1 atom stereocenters. The number of benzene rings is 1. The maximum Gasteiger partial charge on any atom is 0.0459 e. The summed E-state index contributed by atoms with van der Waals surface area (Å²) in [7, 11) is 0. The summed E-state index contributed by atoms with van der Waals surface area (Å²) in [6, 6.07) is 5.79. The van der Waals surface area contributed by atoms with Crippen LogP contribution in [-0.4, -0.2) is 11.7 Å². The molecule has 1 aromatic rings. The zero-order valence-electron chi connectivity index (χ0n) is 8.55. The summed E-state index contributed by atoms with van der Waals surface area (Å²) in [5.41, 5.74) is 7.50. The van der Waals surface area contributed by atoms with E-state index in [1.807, 2.05) is 32.0 Å². The fourth-order valence-electron chi connectivity index (χ4n) is 1.45. The second-order valence-electron chi connectivity index (χ2n) is 3.87. The summed E-state index contributed by atoms with van der Waals surface area (Å²) < 4.78 is 0. The largest absolute Gasteiger partial charge is 0.396 e. The molecule has 0 heterocycles. The second-order valence-corrected chi connectivity index (χ2v) is 4.28. The minimum Gasteiger partial charge on any atom is -0.396 e. The summed E-state index contributed by atoms with van der Waals surface area (Å²) in [5.74, 6) is 0. The molecule has 0 aliphatic rings. The van der Waals surface area contributed by atoms with Crippen LogP contribution in [0, 0.1) is 6.92 Å². The number of halogens is 1. The van der Waals surface area contributed by atoms with Crippen LogP contribution in [0.3, 0.4) is 0 Å². The van der Waals surface area contributed by atoms with Crippen LogP contribution in [0.4, 0.5) is 0 Å². The standard InChI is InChI=1S/C11H16ClNO/c1-8-3-4-9(10(12)7-8)11(2,13)5-6-14/h3-4,7,14H,5-6,13H2,1-2H3/t11-/m0/s1. The van der Waals surface area contributed by atoms with Crippen LogP contribution in [0.5, 0.6) is 0 Å². The van der Waals surface area contributed by atoms with Gasteiger partial charge in [-0.3, -0.25) is 0 Å². The van der Waals surface area contributed by atoms with E-state index >= 15 is 0 Å². The van der Waals surface area contributed by atoms with Crippen molar-refractivity contribution >= 4 is 11.6 Å². The Hall–Kier alpha value is -0.570. The Morgan fingerprint density at radius 3 is 2.64 bits per heavy atom. The van der Waals surface area contributed by atoms with Gasteiger partial charge < -0.3 is 10.8 Å². The first-order valence-corrected chi connectivity index (χ1v) is 5.01. The van der Waals surface area contributed by atoms with Gasteiger partial charge in [-0.25, -0.2) is 0 Å². The molecular formula is C11H16ClNO. The molecule has 1 rings (SSSR count). The van der Waals surface area contributed by atoms with Gasteiger partial charge in [-0.2, -0.15) is 0 Å². The third-order valence-corrected chi connectivity index (χ3v) is 2.68. The van der Waals surface area contributed by atoms with Gasteiger partial charge in [-0.15, -0.1) is 0 Å². The second kappa shape index (κ2) is 4.30. The lowest BCUT2D eigenvalue weighted by Gasteiger charge is -2.25.